The van der Waals surface area contributed by atoms with E-state index >= 15 is 0 Å². The Labute approximate surface area is 165 Å². The maximum absolute atomic E-state index is 13.8. The Balaban J connectivity index is 1.88. The Morgan fingerprint density at radius 3 is 2.39 bits per heavy atom. The van der Waals surface area contributed by atoms with Gasteiger partial charge in [-0.2, -0.15) is 0 Å². The van der Waals surface area contributed by atoms with Crippen molar-refractivity contribution in [2.45, 2.75) is 25.4 Å². The number of hydrogen-bond acceptors (Lipinski definition) is 2. The second kappa shape index (κ2) is 7.97. The maximum atomic E-state index is 13.8. The van der Waals surface area contributed by atoms with Crippen molar-refractivity contribution in [3.63, 3.8) is 0 Å². The molecule has 0 saturated heterocycles. The highest BCUT2D eigenvalue weighted by molar-refractivity contribution is 6.30. The summed E-state index contributed by atoms with van der Waals surface area (Å²) in [5.74, 6) is -2.96. The summed E-state index contributed by atoms with van der Waals surface area (Å²) in [6, 6.07) is 5.91. The highest BCUT2D eigenvalue weighted by Crippen LogP contribution is 2.31. The van der Waals surface area contributed by atoms with Gasteiger partial charge in [0, 0.05) is 13.2 Å². The van der Waals surface area contributed by atoms with Crippen LogP contribution < -0.4 is 5.56 Å². The highest BCUT2D eigenvalue weighted by Gasteiger charge is 2.18. The van der Waals surface area contributed by atoms with Gasteiger partial charge in [-0.3, -0.25) is 4.79 Å². The Morgan fingerprint density at radius 2 is 1.75 bits per heavy atom. The predicted molar refractivity (Wildman–Crippen MR) is 103 cm³/mol. The monoisotopic (exact) mass is 408 g/mol. The molecule has 7 heteroatoms. The van der Waals surface area contributed by atoms with Crippen LogP contribution in [-0.4, -0.2) is 9.67 Å². The SMILES string of the molecule is CC([CH]CC(O)c1ccc(F)c(Cl)c1)c1cn(C)c(=O)c2cc(F)c(F)cc12. The van der Waals surface area contributed by atoms with Gasteiger partial charge in [-0.15, -0.1) is 0 Å². The highest BCUT2D eigenvalue weighted by atomic mass is 35.5. The molecule has 3 rings (SSSR count). The third-order valence-electron chi connectivity index (χ3n) is 4.79. The molecule has 0 aliphatic heterocycles. The van der Waals surface area contributed by atoms with Crippen molar-refractivity contribution in [1.82, 2.24) is 4.57 Å². The standard InChI is InChI=1S/C21H18ClF3NO2/c1-11(3-6-20(27)12-4-5-17(23)16(22)7-12)15-10-26(2)21(28)14-9-19(25)18(24)8-13(14)15/h3-5,7-11,20,27H,6H2,1-2H3. The van der Waals surface area contributed by atoms with E-state index in [1.165, 1.54) is 29.8 Å². The number of nitrogens with zero attached hydrogens (tertiary/aromatic N) is 1. The number of fused-ring (bicyclic) bond motifs is 1. The lowest BCUT2D eigenvalue weighted by atomic mass is 9.91. The third-order valence-corrected chi connectivity index (χ3v) is 5.08. The minimum Gasteiger partial charge on any atom is -0.388 e. The average molecular weight is 409 g/mol. The molecule has 0 amide bonds. The first-order valence-electron chi connectivity index (χ1n) is 8.63. The molecule has 147 valence electrons. The summed E-state index contributed by atoms with van der Waals surface area (Å²) in [4.78, 5) is 12.3. The van der Waals surface area contributed by atoms with E-state index in [0.29, 0.717) is 16.5 Å². The molecule has 2 atom stereocenters. The molecular formula is C21H18ClF3NO2. The maximum Gasteiger partial charge on any atom is 0.258 e. The fraction of sp³-hybridized carbons (Fsp3) is 0.238. The van der Waals surface area contributed by atoms with Crippen LogP contribution in [-0.2, 0) is 7.05 Å². The van der Waals surface area contributed by atoms with E-state index in [-0.39, 0.29) is 22.7 Å². The van der Waals surface area contributed by atoms with Gasteiger partial charge < -0.3 is 9.67 Å². The number of rotatable bonds is 5. The molecule has 1 N–H and O–H groups in total. The Kier molecular flexibility index (Phi) is 5.82. The van der Waals surface area contributed by atoms with E-state index in [4.69, 9.17) is 11.6 Å². The summed E-state index contributed by atoms with van der Waals surface area (Å²) in [7, 11) is 1.54. The zero-order chi connectivity index (χ0) is 20.6. The molecule has 3 nitrogen and oxygen atoms in total. The van der Waals surface area contributed by atoms with Gasteiger partial charge in [0.25, 0.3) is 5.56 Å². The van der Waals surface area contributed by atoms with Crippen LogP contribution in [0, 0.1) is 23.9 Å². The first kappa shape index (κ1) is 20.4. The molecule has 0 fully saturated rings. The number of pyridine rings is 1. The molecular weight excluding hydrogens is 391 g/mol. The molecule has 0 bridgehead atoms. The number of aliphatic hydroxyl groups is 1. The van der Waals surface area contributed by atoms with Crippen LogP contribution in [0.5, 0.6) is 0 Å². The molecule has 1 radical (unpaired) electrons. The number of benzene rings is 2. The molecule has 0 aliphatic carbocycles. The largest absolute Gasteiger partial charge is 0.388 e. The van der Waals surface area contributed by atoms with Crippen molar-refractivity contribution in [1.29, 1.82) is 0 Å². The first-order valence-corrected chi connectivity index (χ1v) is 9.01. The fourth-order valence-electron chi connectivity index (χ4n) is 3.17. The summed E-state index contributed by atoms with van der Waals surface area (Å²) in [6.07, 6.45) is 2.68. The average Bonchev–Trinajstić information content (AvgIpc) is 2.66. The minimum atomic E-state index is -1.08. The second-order valence-electron chi connectivity index (χ2n) is 6.76. The normalized spacial score (nSPS) is 13.7. The molecule has 0 saturated carbocycles. The van der Waals surface area contributed by atoms with Crippen molar-refractivity contribution in [2.75, 3.05) is 0 Å². The Bertz CT molecular complexity index is 1100. The Hall–Kier alpha value is -2.31. The van der Waals surface area contributed by atoms with E-state index in [9.17, 15) is 23.1 Å². The van der Waals surface area contributed by atoms with Crippen LogP contribution in [0.3, 0.4) is 0 Å². The molecule has 3 aromatic rings. The zero-order valence-corrected chi connectivity index (χ0v) is 16.0. The van der Waals surface area contributed by atoms with Crippen LogP contribution in [0.4, 0.5) is 13.2 Å². The van der Waals surface area contributed by atoms with Crippen molar-refractivity contribution < 1.29 is 18.3 Å². The first-order chi connectivity index (χ1) is 13.2. The smallest absolute Gasteiger partial charge is 0.258 e. The lowest BCUT2D eigenvalue weighted by Crippen LogP contribution is -2.19. The van der Waals surface area contributed by atoms with Gasteiger partial charge in [0.05, 0.1) is 16.5 Å². The summed E-state index contributed by atoms with van der Waals surface area (Å²) in [5.41, 5.74) is 0.666. The predicted octanol–water partition coefficient (Wildman–Crippen LogP) is 5.04. The summed E-state index contributed by atoms with van der Waals surface area (Å²) in [5, 5.41) is 10.7. The van der Waals surface area contributed by atoms with E-state index in [0.717, 1.165) is 12.1 Å². The van der Waals surface area contributed by atoms with Crippen LogP contribution in [0.15, 0.2) is 41.3 Å². The molecule has 0 aliphatic rings. The summed E-state index contributed by atoms with van der Waals surface area (Å²) in [6.45, 7) is 1.82. The van der Waals surface area contributed by atoms with Gasteiger partial charge >= 0.3 is 0 Å². The van der Waals surface area contributed by atoms with E-state index in [1.54, 1.807) is 12.6 Å². The van der Waals surface area contributed by atoms with Gasteiger partial charge in [-0.05, 0) is 59.5 Å². The van der Waals surface area contributed by atoms with E-state index in [1.807, 2.05) is 6.92 Å². The Morgan fingerprint density at radius 1 is 1.11 bits per heavy atom. The number of aryl methyl sites for hydroxylation is 1. The quantitative estimate of drug-likeness (QED) is 0.642. The van der Waals surface area contributed by atoms with Crippen LogP contribution in [0.2, 0.25) is 5.02 Å². The summed E-state index contributed by atoms with van der Waals surface area (Å²) >= 11 is 5.75. The van der Waals surface area contributed by atoms with Gasteiger partial charge in [-0.25, -0.2) is 13.2 Å². The van der Waals surface area contributed by atoms with Gasteiger partial charge in [-0.1, -0.05) is 24.6 Å². The fourth-order valence-corrected chi connectivity index (χ4v) is 3.36. The number of halogens is 4. The molecule has 0 spiro atoms. The van der Waals surface area contributed by atoms with Crippen molar-refractivity contribution in [3.8, 4) is 0 Å². The minimum absolute atomic E-state index is 0.0776. The van der Waals surface area contributed by atoms with Gasteiger partial charge in [0.1, 0.15) is 5.82 Å². The third kappa shape index (κ3) is 3.93. The van der Waals surface area contributed by atoms with Crippen molar-refractivity contribution in [2.24, 2.45) is 7.05 Å². The molecule has 1 heterocycles. The van der Waals surface area contributed by atoms with Crippen molar-refractivity contribution >= 4 is 22.4 Å². The topological polar surface area (TPSA) is 42.2 Å². The van der Waals surface area contributed by atoms with Crippen LogP contribution >= 0.6 is 11.6 Å². The van der Waals surface area contributed by atoms with Crippen LogP contribution in [0.1, 0.15) is 36.5 Å². The summed E-state index contributed by atoms with van der Waals surface area (Å²) < 4.78 is 41.9. The number of hydrogen-bond donors (Lipinski definition) is 1. The molecule has 1 aromatic heterocycles. The van der Waals surface area contributed by atoms with Gasteiger partial charge in [0.15, 0.2) is 11.6 Å². The van der Waals surface area contributed by atoms with Gasteiger partial charge in [0.2, 0.25) is 0 Å². The number of aromatic nitrogens is 1. The second-order valence-corrected chi connectivity index (χ2v) is 7.17. The number of aliphatic hydroxyl groups excluding tert-OH is 1. The zero-order valence-electron chi connectivity index (χ0n) is 15.2. The van der Waals surface area contributed by atoms with E-state index in [2.05, 4.69) is 0 Å². The lowest BCUT2D eigenvalue weighted by Gasteiger charge is -2.18. The molecule has 2 unspecified atom stereocenters. The van der Waals surface area contributed by atoms with Crippen LogP contribution in [0.25, 0.3) is 10.8 Å². The lowest BCUT2D eigenvalue weighted by molar-refractivity contribution is 0.175. The van der Waals surface area contributed by atoms with E-state index < -0.39 is 29.1 Å². The molecule has 2 aromatic carbocycles. The van der Waals surface area contributed by atoms with Crippen molar-refractivity contribution in [3.05, 3.63) is 86.9 Å². The molecule has 28 heavy (non-hydrogen) atoms.